The number of piperidine rings is 1. The van der Waals surface area contributed by atoms with Gasteiger partial charge in [-0.2, -0.15) is 0 Å². The Morgan fingerprint density at radius 3 is 3.05 bits per heavy atom. The highest BCUT2D eigenvalue weighted by atomic mass is 16.5. The summed E-state index contributed by atoms with van der Waals surface area (Å²) in [6, 6.07) is 7.61. The molecule has 0 aliphatic carbocycles. The maximum atomic E-state index is 10.9. The molecule has 1 fully saturated rings. The predicted molar refractivity (Wildman–Crippen MR) is 78.5 cm³/mol. The number of rotatable bonds is 5. The zero-order valence-corrected chi connectivity index (χ0v) is 11.8. The lowest BCUT2D eigenvalue weighted by Crippen LogP contribution is -2.37. The van der Waals surface area contributed by atoms with Crippen LogP contribution in [-0.2, 0) is 11.3 Å². The summed E-state index contributed by atoms with van der Waals surface area (Å²) >= 11 is 0. The zero-order chi connectivity index (χ0) is 14.7. The smallest absolute Gasteiger partial charge is 0.371 e. The molecule has 0 spiro atoms. The molecule has 1 aromatic carbocycles. The summed E-state index contributed by atoms with van der Waals surface area (Å²) in [6.45, 7) is 2.32. The second-order valence-electron chi connectivity index (χ2n) is 5.45. The van der Waals surface area contributed by atoms with Crippen molar-refractivity contribution in [3.63, 3.8) is 0 Å². The maximum absolute atomic E-state index is 10.9. The fourth-order valence-electron chi connectivity index (χ4n) is 2.67. The van der Waals surface area contributed by atoms with Crippen molar-refractivity contribution in [2.75, 3.05) is 13.2 Å². The Hall–Kier alpha value is -1.85. The highest BCUT2D eigenvalue weighted by molar-refractivity contribution is 5.91. The van der Waals surface area contributed by atoms with Crippen molar-refractivity contribution in [3.05, 3.63) is 35.6 Å². The molecule has 1 saturated heterocycles. The Morgan fingerprint density at radius 1 is 1.38 bits per heavy atom. The van der Waals surface area contributed by atoms with Crippen LogP contribution in [0.3, 0.4) is 0 Å². The molecule has 112 valence electrons. The molecule has 1 unspecified atom stereocenters. The summed E-state index contributed by atoms with van der Waals surface area (Å²) in [6.07, 6.45) is 3.68. The Balaban J connectivity index is 1.60. The van der Waals surface area contributed by atoms with E-state index < -0.39 is 5.97 Å². The summed E-state index contributed by atoms with van der Waals surface area (Å²) in [5.41, 5.74) is 1.61. The fourth-order valence-corrected chi connectivity index (χ4v) is 2.67. The molecule has 0 radical (unpaired) electrons. The quantitative estimate of drug-likeness (QED) is 0.885. The molecule has 1 atom stereocenters. The molecule has 1 aliphatic rings. The molecule has 1 aliphatic heterocycles. The van der Waals surface area contributed by atoms with Crippen molar-refractivity contribution >= 4 is 16.9 Å². The minimum absolute atomic E-state index is 0.0329. The van der Waals surface area contributed by atoms with Crippen molar-refractivity contribution < 1.29 is 19.1 Å². The van der Waals surface area contributed by atoms with Crippen LogP contribution in [0.25, 0.3) is 11.0 Å². The van der Waals surface area contributed by atoms with Crippen molar-refractivity contribution in [1.82, 2.24) is 5.32 Å². The van der Waals surface area contributed by atoms with E-state index in [1.807, 2.05) is 12.1 Å². The van der Waals surface area contributed by atoms with Gasteiger partial charge >= 0.3 is 5.97 Å². The number of ether oxygens (including phenoxy) is 1. The fraction of sp³-hybridized carbons (Fsp3) is 0.438. The van der Waals surface area contributed by atoms with Gasteiger partial charge in [-0.1, -0.05) is 12.5 Å². The Kier molecular flexibility index (Phi) is 4.22. The van der Waals surface area contributed by atoms with E-state index in [-0.39, 0.29) is 5.76 Å². The van der Waals surface area contributed by atoms with Crippen molar-refractivity contribution in [2.45, 2.75) is 31.9 Å². The number of furan rings is 1. The van der Waals surface area contributed by atoms with Gasteiger partial charge in [0.2, 0.25) is 5.76 Å². The van der Waals surface area contributed by atoms with Crippen LogP contribution in [-0.4, -0.2) is 30.3 Å². The molecule has 1 aromatic heterocycles. The van der Waals surface area contributed by atoms with Gasteiger partial charge in [0, 0.05) is 11.4 Å². The number of carboxylic acid groups (broad SMARTS) is 1. The third-order valence-electron chi connectivity index (χ3n) is 3.79. The molecule has 0 amide bonds. The molecule has 21 heavy (non-hydrogen) atoms. The SMILES string of the molecule is O=C(O)c1cc2cc(COCC3CCCCN3)ccc2o1. The van der Waals surface area contributed by atoms with Gasteiger partial charge in [0.05, 0.1) is 13.2 Å². The van der Waals surface area contributed by atoms with Gasteiger partial charge in [-0.05, 0) is 43.1 Å². The summed E-state index contributed by atoms with van der Waals surface area (Å²) in [5, 5.41) is 13.2. The summed E-state index contributed by atoms with van der Waals surface area (Å²) in [7, 11) is 0. The van der Waals surface area contributed by atoms with Gasteiger partial charge in [-0.15, -0.1) is 0 Å². The van der Waals surface area contributed by atoms with E-state index in [0.717, 1.165) is 17.5 Å². The van der Waals surface area contributed by atoms with E-state index in [9.17, 15) is 4.79 Å². The average molecular weight is 289 g/mol. The van der Waals surface area contributed by atoms with Crippen LogP contribution < -0.4 is 5.32 Å². The Morgan fingerprint density at radius 2 is 2.29 bits per heavy atom. The Bertz CT molecular complexity index is 628. The van der Waals surface area contributed by atoms with Crippen LogP contribution in [0.2, 0.25) is 0 Å². The Labute approximate surface area is 122 Å². The number of hydrogen-bond donors (Lipinski definition) is 2. The van der Waals surface area contributed by atoms with Gasteiger partial charge in [-0.3, -0.25) is 0 Å². The van der Waals surface area contributed by atoms with Crippen LogP contribution in [0.1, 0.15) is 35.4 Å². The van der Waals surface area contributed by atoms with Crippen LogP contribution in [0.5, 0.6) is 0 Å². The maximum Gasteiger partial charge on any atom is 0.371 e. The van der Waals surface area contributed by atoms with Crippen LogP contribution >= 0.6 is 0 Å². The van der Waals surface area contributed by atoms with Gasteiger partial charge in [0.1, 0.15) is 5.58 Å². The number of fused-ring (bicyclic) bond motifs is 1. The first-order chi connectivity index (χ1) is 10.2. The first-order valence-corrected chi connectivity index (χ1v) is 7.29. The van der Waals surface area contributed by atoms with Gasteiger partial charge in [0.25, 0.3) is 0 Å². The largest absolute Gasteiger partial charge is 0.475 e. The third kappa shape index (κ3) is 3.43. The molecule has 0 bridgehead atoms. The van der Waals surface area contributed by atoms with Crippen LogP contribution in [0, 0.1) is 0 Å². The molecular formula is C16H19NO4. The highest BCUT2D eigenvalue weighted by Gasteiger charge is 2.13. The monoisotopic (exact) mass is 289 g/mol. The second-order valence-corrected chi connectivity index (χ2v) is 5.45. The molecule has 2 heterocycles. The molecule has 3 rings (SSSR count). The van der Waals surface area contributed by atoms with E-state index in [0.29, 0.717) is 24.8 Å². The van der Waals surface area contributed by atoms with E-state index >= 15 is 0 Å². The van der Waals surface area contributed by atoms with Crippen molar-refractivity contribution in [1.29, 1.82) is 0 Å². The average Bonchev–Trinajstić information content (AvgIpc) is 2.92. The second kappa shape index (κ2) is 6.28. The first kappa shape index (κ1) is 14.1. The highest BCUT2D eigenvalue weighted by Crippen LogP contribution is 2.21. The van der Waals surface area contributed by atoms with E-state index in [2.05, 4.69) is 5.32 Å². The van der Waals surface area contributed by atoms with Gasteiger partial charge in [-0.25, -0.2) is 4.79 Å². The minimum atomic E-state index is -1.05. The number of benzene rings is 1. The molecule has 0 saturated carbocycles. The third-order valence-corrected chi connectivity index (χ3v) is 3.79. The lowest BCUT2D eigenvalue weighted by Gasteiger charge is -2.23. The molecule has 2 N–H and O–H groups in total. The van der Waals surface area contributed by atoms with E-state index in [1.54, 1.807) is 12.1 Å². The summed E-state index contributed by atoms with van der Waals surface area (Å²) in [5.74, 6) is -1.08. The number of carboxylic acids is 1. The van der Waals surface area contributed by atoms with E-state index in [4.69, 9.17) is 14.3 Å². The standard InChI is InChI=1S/C16H19NO4/c18-16(19)15-8-12-7-11(4-5-14(12)21-15)9-20-10-13-3-1-2-6-17-13/h4-5,7-8,13,17H,1-3,6,9-10H2,(H,18,19). The zero-order valence-electron chi connectivity index (χ0n) is 11.8. The number of carbonyl (C=O) groups is 1. The normalized spacial score (nSPS) is 19.0. The summed E-state index contributed by atoms with van der Waals surface area (Å²) < 4.78 is 11.0. The number of aromatic carboxylic acids is 1. The molecule has 2 aromatic rings. The van der Waals surface area contributed by atoms with Gasteiger partial charge in [0.15, 0.2) is 0 Å². The minimum Gasteiger partial charge on any atom is -0.475 e. The molecule has 5 heteroatoms. The van der Waals surface area contributed by atoms with Crippen LogP contribution in [0.15, 0.2) is 28.7 Å². The lowest BCUT2D eigenvalue weighted by molar-refractivity contribution is 0.0665. The van der Waals surface area contributed by atoms with Gasteiger partial charge < -0.3 is 19.6 Å². The van der Waals surface area contributed by atoms with Crippen LogP contribution in [0.4, 0.5) is 0 Å². The van der Waals surface area contributed by atoms with E-state index in [1.165, 1.54) is 19.3 Å². The molecule has 5 nitrogen and oxygen atoms in total. The lowest BCUT2D eigenvalue weighted by atomic mass is 10.1. The topological polar surface area (TPSA) is 71.7 Å². The summed E-state index contributed by atoms with van der Waals surface area (Å²) in [4.78, 5) is 10.9. The van der Waals surface area contributed by atoms with Crippen molar-refractivity contribution in [3.8, 4) is 0 Å². The van der Waals surface area contributed by atoms with Crippen molar-refractivity contribution in [2.24, 2.45) is 0 Å². The molecular weight excluding hydrogens is 270 g/mol. The first-order valence-electron chi connectivity index (χ1n) is 7.29. The number of hydrogen-bond acceptors (Lipinski definition) is 4. The number of nitrogens with one attached hydrogen (secondary N) is 1. The predicted octanol–water partition coefficient (Wildman–Crippen LogP) is 2.79.